The van der Waals surface area contributed by atoms with Crippen molar-refractivity contribution >= 4 is 27.4 Å². The third-order valence-electron chi connectivity index (χ3n) is 6.81. The number of likely N-dealkylation sites (N-methyl/N-ethyl adjacent to an activating group) is 1. The van der Waals surface area contributed by atoms with Crippen LogP contribution in [0.2, 0.25) is 0 Å². The minimum absolute atomic E-state index is 0.0895. The van der Waals surface area contributed by atoms with Gasteiger partial charge in [0.15, 0.2) is 5.69 Å². The number of rotatable bonds is 8. The quantitative estimate of drug-likeness (QED) is 0.231. The average Bonchev–Trinajstić information content (AvgIpc) is 2.98. The summed E-state index contributed by atoms with van der Waals surface area (Å²) in [6.45, 7) is -0.565. The molecule has 0 fully saturated rings. The molecule has 1 aliphatic heterocycles. The molecule has 16 heteroatoms. The van der Waals surface area contributed by atoms with Gasteiger partial charge in [-0.2, -0.15) is 21.9 Å². The molecule has 3 aromatic rings. The molecule has 232 valence electrons. The first-order valence-electron chi connectivity index (χ1n) is 12.5. The maximum Gasteiger partial charge on any atom is 0.420 e. The van der Waals surface area contributed by atoms with Gasteiger partial charge in [0.1, 0.15) is 23.1 Å². The fourth-order valence-electron chi connectivity index (χ4n) is 4.56. The Bertz CT molecular complexity index is 1630. The van der Waals surface area contributed by atoms with Crippen molar-refractivity contribution in [1.82, 2.24) is 9.29 Å². The van der Waals surface area contributed by atoms with Gasteiger partial charge in [0.2, 0.25) is 21.9 Å². The van der Waals surface area contributed by atoms with Crippen LogP contribution in [0.25, 0.3) is 0 Å². The monoisotopic (exact) mass is 635 g/mol. The fourth-order valence-corrected chi connectivity index (χ4v) is 6.13. The van der Waals surface area contributed by atoms with Crippen molar-refractivity contribution in [3.05, 3.63) is 77.1 Å². The molecule has 0 radical (unpaired) electrons. The lowest BCUT2D eigenvalue weighted by Crippen LogP contribution is -2.41. The van der Waals surface area contributed by atoms with Gasteiger partial charge in [-0.1, -0.05) is 0 Å². The topological polar surface area (TPSA) is 100 Å². The van der Waals surface area contributed by atoms with Gasteiger partial charge in [0.05, 0.1) is 11.3 Å². The standard InChI is InChI=1S/C27H24F7N3O5S/c1-26(30,31)10-9-18-13-37(17-6-4-16(28)5-7-17)20-11-19(27(32,33)34)21(12-22(20)43(40,41)36(18)2)42-14-15-3-8-23(29)35-24(15)25(38)39/h3-8,11-12,18H,9-10,13-14H2,1-2H3,(H,38,39)/t18-/m1/s1. The van der Waals surface area contributed by atoms with E-state index in [0.29, 0.717) is 19.1 Å². The number of halogens is 7. The van der Waals surface area contributed by atoms with Crippen LogP contribution in [0.15, 0.2) is 53.4 Å². The molecule has 2 heterocycles. The molecule has 0 aliphatic carbocycles. The first-order valence-corrected chi connectivity index (χ1v) is 14.0. The summed E-state index contributed by atoms with van der Waals surface area (Å²) in [5.74, 6) is -7.69. The number of anilines is 2. The second-order valence-electron chi connectivity index (χ2n) is 9.92. The molecule has 0 unspecified atom stereocenters. The van der Waals surface area contributed by atoms with Crippen molar-refractivity contribution in [2.45, 2.75) is 49.4 Å². The van der Waals surface area contributed by atoms with Crippen LogP contribution >= 0.6 is 0 Å². The molecule has 1 atom stereocenters. The van der Waals surface area contributed by atoms with Gasteiger partial charge in [-0.25, -0.2) is 31.4 Å². The van der Waals surface area contributed by atoms with Gasteiger partial charge >= 0.3 is 12.1 Å². The van der Waals surface area contributed by atoms with Crippen molar-refractivity contribution in [2.24, 2.45) is 0 Å². The lowest BCUT2D eigenvalue weighted by molar-refractivity contribution is -0.139. The first-order chi connectivity index (χ1) is 19.9. The van der Waals surface area contributed by atoms with Crippen LogP contribution in [-0.2, 0) is 22.8 Å². The van der Waals surface area contributed by atoms with Gasteiger partial charge in [0, 0.05) is 43.4 Å². The summed E-state index contributed by atoms with van der Waals surface area (Å²) in [5, 5.41) is 9.31. The number of aromatic carboxylic acids is 1. The number of pyridine rings is 1. The van der Waals surface area contributed by atoms with E-state index in [-0.39, 0.29) is 24.2 Å². The van der Waals surface area contributed by atoms with Crippen molar-refractivity contribution in [2.75, 3.05) is 18.5 Å². The number of fused-ring (bicyclic) bond motifs is 1. The molecule has 2 aromatic carbocycles. The molecular formula is C27H24F7N3O5S. The molecule has 1 aliphatic rings. The Kier molecular flexibility index (Phi) is 8.66. The maximum atomic E-state index is 14.3. The molecule has 43 heavy (non-hydrogen) atoms. The van der Waals surface area contributed by atoms with Gasteiger partial charge in [0.25, 0.3) is 0 Å². The zero-order valence-electron chi connectivity index (χ0n) is 22.5. The molecule has 1 N–H and O–H groups in total. The highest BCUT2D eigenvalue weighted by Crippen LogP contribution is 2.46. The van der Waals surface area contributed by atoms with E-state index in [1.165, 1.54) is 17.0 Å². The summed E-state index contributed by atoms with van der Waals surface area (Å²) in [4.78, 5) is 15.2. The molecule has 0 saturated carbocycles. The highest BCUT2D eigenvalue weighted by molar-refractivity contribution is 7.89. The summed E-state index contributed by atoms with van der Waals surface area (Å²) in [6.07, 6.45) is -6.22. The van der Waals surface area contributed by atoms with E-state index < -0.39 is 86.5 Å². The molecule has 8 nitrogen and oxygen atoms in total. The Morgan fingerprint density at radius 2 is 1.72 bits per heavy atom. The van der Waals surface area contributed by atoms with Crippen molar-refractivity contribution in [3.63, 3.8) is 0 Å². The number of hydrogen-bond donors (Lipinski definition) is 1. The zero-order valence-corrected chi connectivity index (χ0v) is 23.3. The van der Waals surface area contributed by atoms with Crippen molar-refractivity contribution < 1.29 is 53.8 Å². The van der Waals surface area contributed by atoms with Crippen LogP contribution in [0.4, 0.5) is 42.1 Å². The number of alkyl halides is 5. The lowest BCUT2D eigenvalue weighted by atomic mass is 10.1. The SMILES string of the molecule is CN1[C@H](CCC(C)(F)F)CN(c2ccc(F)cc2)c2cc(C(F)(F)F)c(OCc3ccc(F)nc3C(=O)O)cc2S1(=O)=O. The molecule has 1 aromatic heterocycles. The highest BCUT2D eigenvalue weighted by atomic mass is 32.2. The number of hydrogen-bond acceptors (Lipinski definition) is 6. The predicted octanol–water partition coefficient (Wildman–Crippen LogP) is 6.23. The lowest BCUT2D eigenvalue weighted by Gasteiger charge is -2.30. The minimum Gasteiger partial charge on any atom is -0.488 e. The maximum absolute atomic E-state index is 14.3. The van der Waals surface area contributed by atoms with Crippen LogP contribution in [0.3, 0.4) is 0 Å². The van der Waals surface area contributed by atoms with Crippen molar-refractivity contribution in [3.8, 4) is 5.75 Å². The van der Waals surface area contributed by atoms with Crippen molar-refractivity contribution in [1.29, 1.82) is 0 Å². The molecule has 0 amide bonds. The summed E-state index contributed by atoms with van der Waals surface area (Å²) in [7, 11) is -3.54. The van der Waals surface area contributed by atoms with Crippen LogP contribution in [0.1, 0.15) is 41.4 Å². The van der Waals surface area contributed by atoms with Crippen LogP contribution in [-0.4, -0.2) is 54.3 Å². The zero-order chi connectivity index (χ0) is 31.9. The molecule has 0 bridgehead atoms. The van der Waals surface area contributed by atoms with Crippen LogP contribution in [0, 0.1) is 11.8 Å². The number of nitrogens with zero attached hydrogens (tertiary/aromatic N) is 3. The summed E-state index contributed by atoms with van der Waals surface area (Å²) in [5.41, 5.74) is -2.95. The number of benzene rings is 2. The normalized spacial score (nSPS) is 17.3. The molecular weight excluding hydrogens is 611 g/mol. The van der Waals surface area contributed by atoms with E-state index >= 15 is 0 Å². The Morgan fingerprint density at radius 3 is 2.30 bits per heavy atom. The van der Waals surface area contributed by atoms with Gasteiger partial charge in [-0.15, -0.1) is 0 Å². The summed E-state index contributed by atoms with van der Waals surface area (Å²) in [6, 6.07) is 6.11. The average molecular weight is 636 g/mol. The van der Waals surface area contributed by atoms with E-state index in [1.807, 2.05) is 0 Å². The Hall–Kier alpha value is -3.92. The number of ether oxygens (including phenoxy) is 1. The first kappa shape index (κ1) is 32.0. The second-order valence-corrected chi connectivity index (χ2v) is 11.9. The third kappa shape index (κ3) is 7.01. The summed E-state index contributed by atoms with van der Waals surface area (Å²) >= 11 is 0. The largest absolute Gasteiger partial charge is 0.488 e. The number of carboxylic acid groups (broad SMARTS) is 1. The highest BCUT2D eigenvalue weighted by Gasteiger charge is 2.42. The summed E-state index contributed by atoms with van der Waals surface area (Å²) < 4.78 is 131. The number of aromatic nitrogens is 1. The van der Waals surface area contributed by atoms with Gasteiger partial charge in [-0.3, -0.25) is 0 Å². The van der Waals surface area contributed by atoms with E-state index in [2.05, 4.69) is 4.98 Å². The molecule has 4 rings (SSSR count). The smallest absolute Gasteiger partial charge is 0.420 e. The van der Waals surface area contributed by atoms with Crippen LogP contribution in [0.5, 0.6) is 5.75 Å². The minimum atomic E-state index is -5.12. The van der Waals surface area contributed by atoms with Crippen LogP contribution < -0.4 is 9.64 Å². The van der Waals surface area contributed by atoms with E-state index in [0.717, 1.165) is 35.6 Å². The number of sulfonamides is 1. The predicted molar refractivity (Wildman–Crippen MR) is 139 cm³/mol. The van der Waals surface area contributed by atoms with Gasteiger partial charge in [-0.05, 0) is 55.8 Å². The second kappa shape index (κ2) is 11.6. The Balaban J connectivity index is 1.89. The third-order valence-corrected chi connectivity index (χ3v) is 8.75. The Morgan fingerprint density at radius 1 is 1.07 bits per heavy atom. The van der Waals surface area contributed by atoms with Gasteiger partial charge < -0.3 is 14.7 Å². The fraction of sp³-hybridized carbons (Fsp3) is 0.333. The number of carbonyl (C=O) groups is 1. The van der Waals surface area contributed by atoms with E-state index in [1.54, 1.807) is 0 Å². The Labute approximate surface area is 241 Å². The van der Waals surface area contributed by atoms with E-state index in [9.17, 15) is 49.1 Å². The molecule has 0 saturated heterocycles. The van der Waals surface area contributed by atoms with E-state index in [4.69, 9.17) is 4.74 Å². The molecule has 0 spiro atoms. The number of carboxylic acids is 1.